The van der Waals surface area contributed by atoms with Gasteiger partial charge in [0.05, 0.1) is 22.9 Å². The molecule has 0 fully saturated rings. The van der Waals surface area contributed by atoms with Crippen LogP contribution in [0.2, 0.25) is 5.02 Å². The second kappa shape index (κ2) is 7.89. The Bertz CT molecular complexity index is 436. The normalized spacial score (nSPS) is 10.3. The summed E-state index contributed by atoms with van der Waals surface area (Å²) in [5.41, 5.74) is 7.16. The lowest BCUT2D eigenvalue weighted by atomic mass is 10.1. The first-order valence-corrected chi connectivity index (χ1v) is 6.98. The van der Waals surface area contributed by atoms with E-state index in [1.807, 2.05) is 0 Å². The van der Waals surface area contributed by atoms with Crippen LogP contribution in [0.15, 0.2) is 12.1 Å². The van der Waals surface area contributed by atoms with Gasteiger partial charge in [0.15, 0.2) is 0 Å². The number of anilines is 2. The molecule has 0 bridgehead atoms. The van der Waals surface area contributed by atoms with Gasteiger partial charge in [-0.1, -0.05) is 31.4 Å². The molecule has 0 heterocycles. The van der Waals surface area contributed by atoms with Crippen LogP contribution in [-0.2, 0) is 4.74 Å². The van der Waals surface area contributed by atoms with Crippen molar-refractivity contribution in [3.05, 3.63) is 22.7 Å². The number of nitrogens with one attached hydrogen (secondary N) is 1. The van der Waals surface area contributed by atoms with Crippen LogP contribution >= 0.6 is 11.6 Å². The van der Waals surface area contributed by atoms with E-state index >= 15 is 0 Å². The predicted octanol–water partition coefficient (Wildman–Crippen LogP) is 3.70. The van der Waals surface area contributed by atoms with E-state index in [9.17, 15) is 4.79 Å². The molecule has 4 nitrogen and oxygen atoms in total. The summed E-state index contributed by atoms with van der Waals surface area (Å²) in [5, 5.41) is 3.64. The molecule has 0 saturated heterocycles. The number of rotatable bonds is 7. The van der Waals surface area contributed by atoms with Crippen molar-refractivity contribution in [3.63, 3.8) is 0 Å². The summed E-state index contributed by atoms with van der Waals surface area (Å²) < 4.78 is 5.01. The van der Waals surface area contributed by atoms with E-state index in [-0.39, 0.29) is 0 Å². The minimum atomic E-state index is -0.408. The number of carbonyl (C=O) groups excluding carboxylic acids is 1. The molecule has 5 heteroatoms. The second-order valence-corrected chi connectivity index (χ2v) is 4.69. The molecule has 3 N–H and O–H groups in total. The molecule has 0 saturated carbocycles. The maximum atomic E-state index is 11.9. The van der Waals surface area contributed by atoms with Gasteiger partial charge >= 0.3 is 5.97 Å². The quantitative estimate of drug-likeness (QED) is 0.455. The zero-order chi connectivity index (χ0) is 14.3. The van der Waals surface area contributed by atoms with E-state index in [0.717, 1.165) is 25.8 Å². The third-order valence-corrected chi connectivity index (χ3v) is 2.99. The summed E-state index contributed by atoms with van der Waals surface area (Å²) in [6.07, 6.45) is 3.30. The van der Waals surface area contributed by atoms with Gasteiger partial charge in [0, 0.05) is 12.2 Å². The number of esters is 1. The van der Waals surface area contributed by atoms with Crippen LogP contribution in [0.25, 0.3) is 0 Å². The summed E-state index contributed by atoms with van der Waals surface area (Å²) in [4.78, 5) is 11.9. The Morgan fingerprint density at radius 2 is 2.11 bits per heavy atom. The molecule has 0 spiro atoms. The van der Waals surface area contributed by atoms with E-state index < -0.39 is 5.97 Å². The molecule has 1 rings (SSSR count). The van der Waals surface area contributed by atoms with Gasteiger partial charge in [-0.25, -0.2) is 4.79 Å². The number of nitrogen functional groups attached to an aromatic ring is 1. The van der Waals surface area contributed by atoms with E-state index in [1.165, 1.54) is 0 Å². The highest BCUT2D eigenvalue weighted by molar-refractivity contribution is 6.34. The van der Waals surface area contributed by atoms with Crippen LogP contribution in [-0.4, -0.2) is 19.1 Å². The first-order chi connectivity index (χ1) is 9.10. The van der Waals surface area contributed by atoms with Gasteiger partial charge < -0.3 is 15.8 Å². The molecule has 0 aromatic heterocycles. The minimum absolute atomic E-state index is 0.320. The first-order valence-electron chi connectivity index (χ1n) is 6.60. The fourth-order valence-electron chi connectivity index (χ4n) is 1.77. The number of ether oxygens (including phenoxy) is 1. The van der Waals surface area contributed by atoms with E-state index in [1.54, 1.807) is 19.1 Å². The van der Waals surface area contributed by atoms with Gasteiger partial charge in [-0.3, -0.25) is 0 Å². The third-order valence-electron chi connectivity index (χ3n) is 2.69. The molecular formula is C14H21ClN2O2. The van der Waals surface area contributed by atoms with Crippen molar-refractivity contribution in [1.82, 2.24) is 0 Å². The third kappa shape index (κ3) is 4.63. The van der Waals surface area contributed by atoms with E-state index in [2.05, 4.69) is 12.2 Å². The number of carbonyl (C=O) groups is 1. The summed E-state index contributed by atoms with van der Waals surface area (Å²) in [7, 11) is 0. The lowest BCUT2D eigenvalue weighted by molar-refractivity contribution is 0.0527. The van der Waals surface area contributed by atoms with Gasteiger partial charge in [0.1, 0.15) is 0 Å². The standard InChI is InChI=1S/C14H21ClN2O2/c1-3-5-6-7-17-13-11(14(18)19-4-2)8-10(16)9-12(13)15/h8-9,17H,3-7,16H2,1-2H3. The van der Waals surface area contributed by atoms with Crippen LogP contribution in [0, 0.1) is 0 Å². The van der Waals surface area contributed by atoms with Crippen molar-refractivity contribution in [2.75, 3.05) is 24.2 Å². The second-order valence-electron chi connectivity index (χ2n) is 4.28. The highest BCUT2D eigenvalue weighted by atomic mass is 35.5. The van der Waals surface area contributed by atoms with Crippen LogP contribution in [0.1, 0.15) is 43.5 Å². The van der Waals surface area contributed by atoms with Gasteiger partial charge in [0.25, 0.3) is 0 Å². The smallest absolute Gasteiger partial charge is 0.340 e. The van der Waals surface area contributed by atoms with Crippen LogP contribution in [0.3, 0.4) is 0 Å². The van der Waals surface area contributed by atoms with E-state index in [0.29, 0.717) is 28.6 Å². The highest BCUT2D eigenvalue weighted by Crippen LogP contribution is 2.29. The average Bonchev–Trinajstić information content (AvgIpc) is 2.36. The summed E-state index contributed by atoms with van der Waals surface area (Å²) in [6, 6.07) is 3.22. The van der Waals surface area contributed by atoms with Gasteiger partial charge in [-0.05, 0) is 25.5 Å². The predicted molar refractivity (Wildman–Crippen MR) is 79.8 cm³/mol. The van der Waals surface area contributed by atoms with Gasteiger partial charge in [0.2, 0.25) is 0 Å². The fourth-order valence-corrected chi connectivity index (χ4v) is 2.06. The van der Waals surface area contributed by atoms with Gasteiger partial charge in [-0.15, -0.1) is 0 Å². The Labute approximate surface area is 119 Å². The fraction of sp³-hybridized carbons (Fsp3) is 0.500. The maximum absolute atomic E-state index is 11.9. The van der Waals surface area contributed by atoms with E-state index in [4.69, 9.17) is 22.1 Å². The Morgan fingerprint density at radius 3 is 2.74 bits per heavy atom. The Balaban J connectivity index is 2.90. The number of hydrogen-bond donors (Lipinski definition) is 2. The zero-order valence-corrected chi connectivity index (χ0v) is 12.2. The molecule has 0 aliphatic carbocycles. The number of unbranched alkanes of at least 4 members (excludes halogenated alkanes) is 2. The van der Waals surface area contributed by atoms with Crippen molar-refractivity contribution in [2.24, 2.45) is 0 Å². The summed E-state index contributed by atoms with van der Waals surface area (Å²) >= 11 is 6.14. The largest absolute Gasteiger partial charge is 0.462 e. The minimum Gasteiger partial charge on any atom is -0.462 e. The molecule has 0 amide bonds. The lowest BCUT2D eigenvalue weighted by Gasteiger charge is -2.14. The molecule has 0 radical (unpaired) electrons. The molecule has 106 valence electrons. The maximum Gasteiger partial charge on any atom is 0.340 e. The topological polar surface area (TPSA) is 64.3 Å². The van der Waals surface area contributed by atoms with Crippen LogP contribution in [0.4, 0.5) is 11.4 Å². The number of nitrogens with two attached hydrogens (primary N) is 1. The van der Waals surface area contributed by atoms with Crippen LogP contribution in [0.5, 0.6) is 0 Å². The Morgan fingerprint density at radius 1 is 1.37 bits per heavy atom. The monoisotopic (exact) mass is 284 g/mol. The molecule has 0 atom stereocenters. The van der Waals surface area contributed by atoms with Crippen molar-refractivity contribution >= 4 is 28.9 Å². The zero-order valence-electron chi connectivity index (χ0n) is 11.5. The van der Waals surface area contributed by atoms with Crippen molar-refractivity contribution in [3.8, 4) is 0 Å². The van der Waals surface area contributed by atoms with Crippen molar-refractivity contribution in [1.29, 1.82) is 0 Å². The average molecular weight is 285 g/mol. The molecule has 1 aromatic rings. The van der Waals surface area contributed by atoms with Crippen molar-refractivity contribution < 1.29 is 9.53 Å². The Hall–Kier alpha value is -1.42. The molecule has 1 aromatic carbocycles. The number of hydrogen-bond acceptors (Lipinski definition) is 4. The van der Waals surface area contributed by atoms with Crippen LogP contribution < -0.4 is 11.1 Å². The molecule has 0 aliphatic heterocycles. The molecule has 0 aliphatic rings. The Kier molecular flexibility index (Phi) is 6.50. The number of benzene rings is 1. The molecule has 19 heavy (non-hydrogen) atoms. The molecular weight excluding hydrogens is 264 g/mol. The first kappa shape index (κ1) is 15.6. The molecule has 0 unspecified atom stereocenters. The van der Waals surface area contributed by atoms with Crippen molar-refractivity contribution in [2.45, 2.75) is 33.1 Å². The summed E-state index contributed by atoms with van der Waals surface area (Å²) in [5.74, 6) is -0.408. The SMILES string of the molecule is CCCCCNc1c(Cl)cc(N)cc1C(=O)OCC. The number of halogens is 1. The highest BCUT2D eigenvalue weighted by Gasteiger charge is 2.16. The summed E-state index contributed by atoms with van der Waals surface area (Å²) in [6.45, 7) is 4.99. The van der Waals surface area contributed by atoms with Gasteiger partial charge in [-0.2, -0.15) is 0 Å². The lowest BCUT2D eigenvalue weighted by Crippen LogP contribution is -2.12.